The van der Waals surface area contributed by atoms with Gasteiger partial charge in [-0.15, -0.1) is 0 Å². The van der Waals surface area contributed by atoms with Crippen molar-refractivity contribution < 1.29 is 19.6 Å². The summed E-state index contributed by atoms with van der Waals surface area (Å²) >= 11 is 0. The molecule has 1 aromatic heterocycles. The maximum atomic E-state index is 12.9. The largest absolute Gasteiger partial charge is 0.324 e. The highest BCUT2D eigenvalue weighted by Gasteiger charge is 2.18. The molecule has 0 unspecified atom stereocenters. The Labute approximate surface area is 185 Å². The number of pyridine rings is 1. The van der Waals surface area contributed by atoms with E-state index >= 15 is 0 Å². The molecule has 2 aromatic carbocycles. The van der Waals surface area contributed by atoms with Crippen molar-refractivity contribution in [2.45, 2.75) is 13.1 Å². The standard InChI is InChI=1S/C24H22N4O4/c29-22(27-32)13-12-18-8-10-19(11-9-18)16-28(17-20-5-4-14-25-15-20)24(31)26-23(30)21-6-2-1-3-7-21/h1-15,32H,16-17H2,(H,27,29)(H,26,30,31). The van der Waals surface area contributed by atoms with E-state index in [1.807, 2.05) is 18.2 Å². The molecule has 162 valence electrons. The van der Waals surface area contributed by atoms with Crippen molar-refractivity contribution in [3.05, 3.63) is 107 Å². The van der Waals surface area contributed by atoms with Gasteiger partial charge in [-0.25, -0.2) is 10.3 Å². The second kappa shape index (κ2) is 11.2. The molecule has 0 bridgehead atoms. The van der Waals surface area contributed by atoms with Gasteiger partial charge in [-0.3, -0.25) is 25.1 Å². The van der Waals surface area contributed by atoms with Gasteiger partial charge >= 0.3 is 6.03 Å². The Morgan fingerprint density at radius 3 is 2.28 bits per heavy atom. The van der Waals surface area contributed by atoms with E-state index in [1.165, 1.54) is 16.5 Å². The van der Waals surface area contributed by atoms with Crippen molar-refractivity contribution in [3.8, 4) is 0 Å². The van der Waals surface area contributed by atoms with E-state index < -0.39 is 17.8 Å². The number of hydroxylamine groups is 1. The van der Waals surface area contributed by atoms with Gasteiger partial charge in [-0.05, 0) is 41.0 Å². The fraction of sp³-hybridized carbons (Fsp3) is 0.0833. The lowest BCUT2D eigenvalue weighted by molar-refractivity contribution is -0.124. The minimum atomic E-state index is -0.628. The third-order valence-electron chi connectivity index (χ3n) is 4.53. The number of nitrogens with one attached hydrogen (secondary N) is 2. The zero-order valence-electron chi connectivity index (χ0n) is 17.1. The maximum absolute atomic E-state index is 12.9. The molecule has 3 aromatic rings. The Bertz CT molecular complexity index is 1080. The number of benzene rings is 2. The molecule has 0 spiro atoms. The van der Waals surface area contributed by atoms with Crippen molar-refractivity contribution in [3.63, 3.8) is 0 Å². The monoisotopic (exact) mass is 430 g/mol. The molecule has 3 rings (SSSR count). The van der Waals surface area contributed by atoms with E-state index in [2.05, 4.69) is 10.3 Å². The third kappa shape index (κ3) is 6.61. The number of hydrogen-bond donors (Lipinski definition) is 3. The van der Waals surface area contributed by atoms with Crippen molar-refractivity contribution >= 4 is 23.9 Å². The van der Waals surface area contributed by atoms with E-state index in [4.69, 9.17) is 5.21 Å². The number of carbonyl (C=O) groups is 3. The summed E-state index contributed by atoms with van der Waals surface area (Å²) < 4.78 is 0. The Balaban J connectivity index is 1.74. The summed E-state index contributed by atoms with van der Waals surface area (Å²) in [6, 6.07) is 18.8. The van der Waals surface area contributed by atoms with Gasteiger partial charge < -0.3 is 4.90 Å². The number of rotatable bonds is 7. The van der Waals surface area contributed by atoms with Gasteiger partial charge in [0.25, 0.3) is 11.8 Å². The van der Waals surface area contributed by atoms with Gasteiger partial charge in [-0.2, -0.15) is 0 Å². The average molecular weight is 430 g/mol. The van der Waals surface area contributed by atoms with E-state index in [9.17, 15) is 14.4 Å². The average Bonchev–Trinajstić information content (AvgIpc) is 2.84. The van der Waals surface area contributed by atoms with Crippen molar-refractivity contribution in [1.29, 1.82) is 0 Å². The van der Waals surface area contributed by atoms with E-state index in [0.717, 1.165) is 16.7 Å². The Morgan fingerprint density at radius 2 is 1.62 bits per heavy atom. The van der Waals surface area contributed by atoms with Crippen LogP contribution in [0.5, 0.6) is 0 Å². The molecule has 0 aliphatic heterocycles. The van der Waals surface area contributed by atoms with Crippen molar-refractivity contribution in [2.75, 3.05) is 0 Å². The van der Waals surface area contributed by atoms with E-state index in [0.29, 0.717) is 5.56 Å². The molecule has 4 amide bonds. The summed E-state index contributed by atoms with van der Waals surface area (Å²) in [7, 11) is 0. The maximum Gasteiger partial charge on any atom is 0.324 e. The Hall–Kier alpha value is -4.30. The van der Waals surface area contributed by atoms with Crippen LogP contribution >= 0.6 is 0 Å². The summed E-state index contributed by atoms with van der Waals surface area (Å²) in [5.41, 5.74) is 4.33. The first-order valence-corrected chi connectivity index (χ1v) is 9.80. The number of amides is 4. The first-order valence-electron chi connectivity index (χ1n) is 9.80. The van der Waals surface area contributed by atoms with Crippen LogP contribution in [0.15, 0.2) is 85.2 Å². The van der Waals surface area contributed by atoms with Crippen LogP contribution in [-0.4, -0.2) is 32.9 Å². The molecule has 0 atom stereocenters. The predicted octanol–water partition coefficient (Wildman–Crippen LogP) is 3.15. The molecule has 0 fully saturated rings. The second-order valence-electron chi connectivity index (χ2n) is 6.89. The molecule has 8 nitrogen and oxygen atoms in total. The number of nitrogens with zero attached hydrogens (tertiary/aromatic N) is 2. The molecule has 1 heterocycles. The topological polar surface area (TPSA) is 112 Å². The lowest BCUT2D eigenvalue weighted by Gasteiger charge is -2.23. The first kappa shape index (κ1) is 22.4. The van der Waals surface area contributed by atoms with Crippen LogP contribution in [0.25, 0.3) is 6.08 Å². The van der Waals surface area contributed by atoms with Gasteiger partial charge in [0.2, 0.25) is 0 Å². The zero-order chi connectivity index (χ0) is 22.8. The van der Waals surface area contributed by atoms with E-state index in [1.54, 1.807) is 67.0 Å². The summed E-state index contributed by atoms with van der Waals surface area (Å²) in [6.07, 6.45) is 6.07. The third-order valence-corrected chi connectivity index (χ3v) is 4.53. The van der Waals surface area contributed by atoms with E-state index in [-0.39, 0.29) is 13.1 Å². The van der Waals surface area contributed by atoms with Crippen molar-refractivity contribution in [1.82, 2.24) is 20.7 Å². The minimum Gasteiger partial charge on any atom is -0.316 e. The predicted molar refractivity (Wildman–Crippen MR) is 118 cm³/mol. The van der Waals surface area contributed by atoms with Crippen LogP contribution in [-0.2, 0) is 17.9 Å². The smallest absolute Gasteiger partial charge is 0.316 e. The van der Waals surface area contributed by atoms with Gasteiger partial charge in [-0.1, -0.05) is 48.5 Å². The quantitative estimate of drug-likeness (QED) is 0.303. The molecule has 0 saturated heterocycles. The molecular weight excluding hydrogens is 408 g/mol. The van der Waals surface area contributed by atoms with Crippen LogP contribution < -0.4 is 10.8 Å². The normalized spacial score (nSPS) is 10.5. The van der Waals surface area contributed by atoms with Crippen LogP contribution in [0.2, 0.25) is 0 Å². The molecule has 0 radical (unpaired) electrons. The molecule has 8 heteroatoms. The lowest BCUT2D eigenvalue weighted by Crippen LogP contribution is -2.42. The Kier molecular flexibility index (Phi) is 7.83. The summed E-state index contributed by atoms with van der Waals surface area (Å²) in [5, 5.41) is 11.0. The van der Waals surface area contributed by atoms with Gasteiger partial charge in [0.1, 0.15) is 0 Å². The van der Waals surface area contributed by atoms with Gasteiger partial charge in [0.05, 0.1) is 0 Å². The molecule has 0 saturated carbocycles. The van der Waals surface area contributed by atoms with Crippen LogP contribution in [0.4, 0.5) is 4.79 Å². The van der Waals surface area contributed by atoms with Crippen LogP contribution in [0, 0.1) is 0 Å². The number of hydrogen-bond acceptors (Lipinski definition) is 5. The molecular formula is C24H22N4O4. The summed E-state index contributed by atoms with van der Waals surface area (Å²) in [5.74, 6) is -1.11. The first-order chi connectivity index (χ1) is 15.5. The number of urea groups is 1. The van der Waals surface area contributed by atoms with Crippen LogP contribution in [0.1, 0.15) is 27.0 Å². The van der Waals surface area contributed by atoms with Crippen molar-refractivity contribution in [2.24, 2.45) is 0 Å². The van der Waals surface area contributed by atoms with Crippen LogP contribution in [0.3, 0.4) is 0 Å². The highest BCUT2D eigenvalue weighted by molar-refractivity contribution is 6.04. The molecule has 32 heavy (non-hydrogen) atoms. The zero-order valence-corrected chi connectivity index (χ0v) is 17.1. The molecule has 0 aliphatic carbocycles. The number of carbonyl (C=O) groups excluding carboxylic acids is 3. The van der Waals surface area contributed by atoms with Gasteiger partial charge in [0.15, 0.2) is 0 Å². The minimum absolute atomic E-state index is 0.254. The fourth-order valence-electron chi connectivity index (χ4n) is 2.91. The Morgan fingerprint density at radius 1 is 0.906 bits per heavy atom. The number of aromatic nitrogens is 1. The van der Waals surface area contributed by atoms with Gasteiger partial charge in [0, 0.05) is 37.1 Å². The molecule has 0 aliphatic rings. The number of imide groups is 1. The summed E-state index contributed by atoms with van der Waals surface area (Å²) in [4.78, 5) is 42.0. The highest BCUT2D eigenvalue weighted by Crippen LogP contribution is 2.12. The SMILES string of the molecule is O=C(C=Cc1ccc(CN(Cc2cccnc2)C(=O)NC(=O)c2ccccc2)cc1)NO. The molecule has 3 N–H and O–H groups in total. The lowest BCUT2D eigenvalue weighted by atomic mass is 10.1. The summed E-state index contributed by atoms with van der Waals surface area (Å²) in [6.45, 7) is 0.518. The second-order valence-corrected chi connectivity index (χ2v) is 6.89. The fourth-order valence-corrected chi connectivity index (χ4v) is 2.91. The highest BCUT2D eigenvalue weighted by atomic mass is 16.5.